The second-order valence-corrected chi connectivity index (χ2v) is 7.70. The molecule has 2 aromatic rings. The Bertz CT molecular complexity index is 822. The summed E-state index contributed by atoms with van der Waals surface area (Å²) in [6.07, 6.45) is 1.97. The number of rotatable bonds is 3. The zero-order valence-corrected chi connectivity index (χ0v) is 14.4. The molecule has 1 aromatic carbocycles. The molecule has 1 atom stereocenters. The van der Waals surface area contributed by atoms with E-state index >= 15 is 0 Å². The summed E-state index contributed by atoms with van der Waals surface area (Å²) in [6.45, 7) is 2.32. The van der Waals surface area contributed by atoms with Crippen molar-refractivity contribution in [3.63, 3.8) is 0 Å². The van der Waals surface area contributed by atoms with Crippen LogP contribution in [0.1, 0.15) is 24.1 Å². The Labute approximate surface area is 140 Å². The molecule has 1 unspecified atom stereocenters. The lowest BCUT2D eigenvalue weighted by Gasteiger charge is -2.34. The van der Waals surface area contributed by atoms with Crippen LogP contribution in [0.5, 0.6) is 5.75 Å². The van der Waals surface area contributed by atoms with Crippen LogP contribution in [-0.2, 0) is 16.4 Å². The van der Waals surface area contributed by atoms with E-state index in [0.717, 1.165) is 16.9 Å². The molecule has 0 aliphatic carbocycles. The first-order valence-corrected chi connectivity index (χ1v) is 9.05. The highest BCUT2D eigenvalue weighted by Crippen LogP contribution is 2.35. The highest BCUT2D eigenvalue weighted by atomic mass is 35.5. The van der Waals surface area contributed by atoms with E-state index in [9.17, 15) is 8.42 Å². The van der Waals surface area contributed by atoms with Crippen LogP contribution in [-0.4, -0.2) is 31.4 Å². The number of halogens is 1. The topological polar surface area (TPSA) is 59.5 Å². The van der Waals surface area contributed by atoms with Gasteiger partial charge in [-0.1, -0.05) is 17.7 Å². The maximum atomic E-state index is 12.9. The molecule has 0 spiro atoms. The number of pyridine rings is 1. The zero-order valence-electron chi connectivity index (χ0n) is 12.9. The highest BCUT2D eigenvalue weighted by molar-refractivity contribution is 7.89. The van der Waals surface area contributed by atoms with Crippen LogP contribution in [0.25, 0.3) is 0 Å². The molecule has 0 N–H and O–H groups in total. The van der Waals surface area contributed by atoms with Gasteiger partial charge in [-0.2, -0.15) is 4.31 Å². The fraction of sp³-hybridized carbons (Fsp3) is 0.312. The van der Waals surface area contributed by atoms with Crippen LogP contribution in [0.15, 0.2) is 41.4 Å². The van der Waals surface area contributed by atoms with Crippen molar-refractivity contribution in [3.05, 3.63) is 52.8 Å². The first-order chi connectivity index (χ1) is 10.9. The SMILES string of the molecule is COc1ccc2c(c1)C(C)N(S(=O)(=O)c1ccc(Cl)nc1)CC2. The van der Waals surface area contributed by atoms with Crippen molar-refractivity contribution in [1.82, 2.24) is 9.29 Å². The Kier molecular flexibility index (Phi) is 4.31. The molecule has 2 heterocycles. The molecule has 1 aliphatic rings. The van der Waals surface area contributed by atoms with Gasteiger partial charge >= 0.3 is 0 Å². The average molecular weight is 353 g/mol. The van der Waals surface area contributed by atoms with Gasteiger partial charge in [0.25, 0.3) is 0 Å². The maximum Gasteiger partial charge on any atom is 0.245 e. The van der Waals surface area contributed by atoms with E-state index in [1.165, 1.54) is 22.6 Å². The van der Waals surface area contributed by atoms with Crippen molar-refractivity contribution in [2.45, 2.75) is 24.3 Å². The van der Waals surface area contributed by atoms with Gasteiger partial charge < -0.3 is 4.74 Å². The summed E-state index contributed by atoms with van der Waals surface area (Å²) in [5.74, 6) is 0.725. The molecule has 0 radical (unpaired) electrons. The van der Waals surface area contributed by atoms with Crippen LogP contribution in [0.4, 0.5) is 0 Å². The van der Waals surface area contributed by atoms with E-state index in [2.05, 4.69) is 4.98 Å². The van der Waals surface area contributed by atoms with Gasteiger partial charge in [-0.05, 0) is 48.7 Å². The van der Waals surface area contributed by atoms with E-state index in [1.807, 2.05) is 25.1 Å². The smallest absolute Gasteiger partial charge is 0.245 e. The third-order valence-corrected chi connectivity index (χ3v) is 6.32. The van der Waals surface area contributed by atoms with Gasteiger partial charge in [-0.15, -0.1) is 0 Å². The molecule has 0 saturated carbocycles. The summed E-state index contributed by atoms with van der Waals surface area (Å²) in [7, 11) is -2.02. The van der Waals surface area contributed by atoms with Gasteiger partial charge in [-0.25, -0.2) is 13.4 Å². The van der Waals surface area contributed by atoms with E-state index in [1.54, 1.807) is 7.11 Å². The minimum atomic E-state index is -3.62. The van der Waals surface area contributed by atoms with Crippen LogP contribution in [0.2, 0.25) is 5.15 Å². The van der Waals surface area contributed by atoms with Gasteiger partial charge in [0.1, 0.15) is 15.8 Å². The van der Waals surface area contributed by atoms with E-state index in [0.29, 0.717) is 13.0 Å². The number of aromatic nitrogens is 1. The van der Waals surface area contributed by atoms with Crippen molar-refractivity contribution in [3.8, 4) is 5.75 Å². The van der Waals surface area contributed by atoms with Gasteiger partial charge in [0, 0.05) is 18.8 Å². The van der Waals surface area contributed by atoms with Crippen molar-refractivity contribution < 1.29 is 13.2 Å². The fourth-order valence-corrected chi connectivity index (χ4v) is 4.54. The molecule has 7 heteroatoms. The lowest BCUT2D eigenvalue weighted by molar-refractivity contribution is 0.324. The molecule has 3 rings (SSSR count). The monoisotopic (exact) mass is 352 g/mol. The van der Waals surface area contributed by atoms with Crippen molar-refractivity contribution in [2.75, 3.05) is 13.7 Å². The first-order valence-electron chi connectivity index (χ1n) is 7.23. The molecule has 5 nitrogen and oxygen atoms in total. The summed E-state index contributed by atoms with van der Waals surface area (Å²) in [4.78, 5) is 4.03. The molecule has 1 aliphatic heterocycles. The Hall–Kier alpha value is -1.63. The molecule has 1 aromatic heterocycles. The lowest BCUT2D eigenvalue weighted by atomic mass is 9.95. The predicted octanol–water partition coefficient (Wildman–Crippen LogP) is 3.05. The van der Waals surface area contributed by atoms with Crippen molar-refractivity contribution in [2.24, 2.45) is 0 Å². The number of benzene rings is 1. The number of nitrogens with zero attached hydrogens (tertiary/aromatic N) is 2. The van der Waals surface area contributed by atoms with Crippen molar-refractivity contribution >= 4 is 21.6 Å². The van der Waals surface area contributed by atoms with E-state index < -0.39 is 10.0 Å². The largest absolute Gasteiger partial charge is 0.497 e. The quantitative estimate of drug-likeness (QED) is 0.796. The summed E-state index contributed by atoms with van der Waals surface area (Å²) < 4.78 is 32.5. The first kappa shape index (κ1) is 16.2. The normalized spacial score (nSPS) is 18.5. The van der Waals surface area contributed by atoms with Crippen LogP contribution >= 0.6 is 11.6 Å². The Morgan fingerprint density at radius 2 is 2.09 bits per heavy atom. The molecule has 23 heavy (non-hydrogen) atoms. The summed E-state index contributed by atoms with van der Waals surface area (Å²) >= 11 is 5.74. The molecule has 122 valence electrons. The fourth-order valence-electron chi connectivity index (χ4n) is 2.87. The predicted molar refractivity (Wildman–Crippen MR) is 88.3 cm³/mol. The van der Waals surface area contributed by atoms with E-state index in [4.69, 9.17) is 16.3 Å². The standard InChI is InChI=1S/C16H17ClN2O3S/c1-11-15-9-13(22-2)4-3-12(15)7-8-19(11)23(20,21)14-5-6-16(17)18-10-14/h3-6,9-11H,7-8H2,1-2H3. The number of hydrogen-bond donors (Lipinski definition) is 0. The number of hydrogen-bond acceptors (Lipinski definition) is 4. The zero-order chi connectivity index (χ0) is 16.6. The third-order valence-electron chi connectivity index (χ3n) is 4.14. The van der Waals surface area contributed by atoms with Crippen LogP contribution < -0.4 is 4.74 Å². The lowest BCUT2D eigenvalue weighted by Crippen LogP contribution is -2.38. The summed E-state index contributed by atoms with van der Waals surface area (Å²) in [6, 6.07) is 8.51. The second kappa shape index (κ2) is 6.11. The van der Waals surface area contributed by atoms with Gasteiger partial charge in [0.05, 0.1) is 7.11 Å². The van der Waals surface area contributed by atoms with E-state index in [-0.39, 0.29) is 16.1 Å². The minimum absolute atomic E-state index is 0.153. The summed E-state index contributed by atoms with van der Waals surface area (Å²) in [5, 5.41) is 0.269. The number of methoxy groups -OCH3 is 1. The molecular formula is C16H17ClN2O3S. The average Bonchev–Trinajstić information content (AvgIpc) is 2.55. The second-order valence-electron chi connectivity index (χ2n) is 5.42. The minimum Gasteiger partial charge on any atom is -0.497 e. The molecular weight excluding hydrogens is 336 g/mol. The Morgan fingerprint density at radius 1 is 1.30 bits per heavy atom. The number of sulfonamides is 1. The van der Waals surface area contributed by atoms with Gasteiger partial charge in [-0.3, -0.25) is 0 Å². The van der Waals surface area contributed by atoms with Crippen LogP contribution in [0.3, 0.4) is 0 Å². The molecule has 0 saturated heterocycles. The summed E-state index contributed by atoms with van der Waals surface area (Å²) in [5.41, 5.74) is 2.13. The molecule has 0 bridgehead atoms. The van der Waals surface area contributed by atoms with Gasteiger partial charge in [0.15, 0.2) is 0 Å². The Morgan fingerprint density at radius 3 is 2.74 bits per heavy atom. The number of ether oxygens (including phenoxy) is 1. The van der Waals surface area contributed by atoms with Crippen molar-refractivity contribution in [1.29, 1.82) is 0 Å². The Balaban J connectivity index is 1.99. The maximum absolute atomic E-state index is 12.9. The van der Waals surface area contributed by atoms with Gasteiger partial charge in [0.2, 0.25) is 10.0 Å². The van der Waals surface area contributed by atoms with Crippen LogP contribution in [0, 0.1) is 0 Å². The number of fused-ring (bicyclic) bond motifs is 1. The highest BCUT2D eigenvalue weighted by Gasteiger charge is 2.34. The molecule has 0 fully saturated rings. The molecule has 0 amide bonds. The third kappa shape index (κ3) is 2.94.